The van der Waals surface area contributed by atoms with Gasteiger partial charge < -0.3 is 14.8 Å². The molecule has 28 heavy (non-hydrogen) atoms. The molecule has 3 rings (SSSR count). The number of pyridine rings is 1. The van der Waals surface area contributed by atoms with Crippen molar-refractivity contribution in [2.45, 2.75) is 13.5 Å². The van der Waals surface area contributed by atoms with Crippen LogP contribution in [0, 0.1) is 18.6 Å². The highest BCUT2D eigenvalue weighted by Gasteiger charge is 2.18. The van der Waals surface area contributed by atoms with Crippen LogP contribution in [0.15, 0.2) is 51.7 Å². The number of aromatic nitrogens is 1. The molecule has 0 spiro atoms. The lowest BCUT2D eigenvalue weighted by Crippen LogP contribution is -2.13. The van der Waals surface area contributed by atoms with Crippen LogP contribution in [0.5, 0.6) is 5.75 Å². The molecule has 0 bridgehead atoms. The minimum absolute atomic E-state index is 0.109. The van der Waals surface area contributed by atoms with E-state index in [2.05, 4.69) is 20.9 Å². The van der Waals surface area contributed by atoms with Gasteiger partial charge in [-0.3, -0.25) is 4.79 Å². The van der Waals surface area contributed by atoms with Crippen molar-refractivity contribution in [3.8, 4) is 16.9 Å². The van der Waals surface area contributed by atoms with Gasteiger partial charge in [-0.05, 0) is 52.7 Å². The quantitative estimate of drug-likeness (QED) is 0.593. The third kappa shape index (κ3) is 3.96. The Kier molecular flexibility index (Phi) is 5.60. The van der Waals surface area contributed by atoms with Crippen LogP contribution in [0.25, 0.3) is 11.1 Å². The van der Waals surface area contributed by atoms with Crippen LogP contribution in [-0.4, -0.2) is 16.1 Å². The molecule has 0 amide bonds. The molecule has 8 heteroatoms. The molecule has 1 heterocycles. The van der Waals surface area contributed by atoms with Crippen molar-refractivity contribution in [3.63, 3.8) is 0 Å². The average Bonchev–Trinajstić information content (AvgIpc) is 2.64. The summed E-state index contributed by atoms with van der Waals surface area (Å²) in [6.45, 7) is 1.44. The van der Waals surface area contributed by atoms with E-state index in [9.17, 15) is 18.4 Å². The number of ether oxygens (including phenoxy) is 1. The maximum Gasteiger partial charge on any atom is 0.335 e. The lowest BCUT2D eigenvalue weighted by atomic mass is 10.0. The molecule has 0 aliphatic heterocycles. The second-order valence-electron chi connectivity index (χ2n) is 6.00. The third-order valence-corrected chi connectivity index (χ3v) is 4.83. The molecule has 2 N–H and O–H groups in total. The zero-order chi connectivity index (χ0) is 20.4. The van der Waals surface area contributed by atoms with Crippen LogP contribution in [0.4, 0.5) is 8.78 Å². The summed E-state index contributed by atoms with van der Waals surface area (Å²) in [6.07, 6.45) is 0. The molecule has 0 aliphatic carbocycles. The van der Waals surface area contributed by atoms with Gasteiger partial charge in [0.05, 0.1) is 5.56 Å². The van der Waals surface area contributed by atoms with E-state index in [1.165, 1.54) is 18.2 Å². The smallest absolute Gasteiger partial charge is 0.335 e. The van der Waals surface area contributed by atoms with Crippen molar-refractivity contribution in [1.82, 2.24) is 4.98 Å². The Morgan fingerprint density at radius 1 is 1.18 bits per heavy atom. The molecule has 2 aromatic carbocycles. The van der Waals surface area contributed by atoms with E-state index in [4.69, 9.17) is 9.84 Å². The van der Waals surface area contributed by atoms with E-state index in [0.29, 0.717) is 16.8 Å². The van der Waals surface area contributed by atoms with E-state index in [1.54, 1.807) is 19.1 Å². The van der Waals surface area contributed by atoms with Gasteiger partial charge in [0.1, 0.15) is 28.5 Å². The standard InChI is InChI=1S/C20H14BrF2NO4/c1-10-16(11-2-4-12(5-3-11)20(26)27)18(17(21)19(25)24-10)28-9-13-6-7-14(22)8-15(13)23/h2-8H,9H2,1H3,(H,24,25)(H,26,27). The zero-order valence-corrected chi connectivity index (χ0v) is 16.1. The number of rotatable bonds is 5. The number of H-pyrrole nitrogens is 1. The Bertz CT molecular complexity index is 1110. The van der Waals surface area contributed by atoms with E-state index in [-0.39, 0.29) is 28.0 Å². The number of aromatic carboxylic acids is 1. The highest BCUT2D eigenvalue weighted by atomic mass is 79.9. The number of hydrogen-bond acceptors (Lipinski definition) is 3. The van der Waals surface area contributed by atoms with Crippen LogP contribution in [0.2, 0.25) is 0 Å². The van der Waals surface area contributed by atoms with Gasteiger partial charge in [-0.25, -0.2) is 13.6 Å². The van der Waals surface area contributed by atoms with E-state index >= 15 is 0 Å². The van der Waals surface area contributed by atoms with Crippen molar-refractivity contribution in [2.75, 3.05) is 0 Å². The van der Waals surface area contributed by atoms with Crippen molar-refractivity contribution in [2.24, 2.45) is 0 Å². The number of halogens is 3. The van der Waals surface area contributed by atoms with Gasteiger partial charge in [-0.1, -0.05) is 12.1 Å². The summed E-state index contributed by atoms with van der Waals surface area (Å²) in [5.41, 5.74) is 1.42. The van der Waals surface area contributed by atoms with Crippen LogP contribution in [0.3, 0.4) is 0 Å². The normalized spacial score (nSPS) is 10.7. The maximum atomic E-state index is 13.9. The number of hydrogen-bond donors (Lipinski definition) is 2. The average molecular weight is 450 g/mol. The first-order valence-electron chi connectivity index (χ1n) is 8.10. The minimum atomic E-state index is -1.06. The summed E-state index contributed by atoms with van der Waals surface area (Å²) in [5.74, 6) is -2.35. The zero-order valence-electron chi connectivity index (χ0n) is 14.6. The summed E-state index contributed by atoms with van der Waals surface area (Å²) < 4.78 is 32.8. The lowest BCUT2D eigenvalue weighted by Gasteiger charge is -2.16. The molecule has 0 atom stereocenters. The summed E-state index contributed by atoms with van der Waals surface area (Å²) in [7, 11) is 0. The SMILES string of the molecule is Cc1[nH]c(=O)c(Br)c(OCc2ccc(F)cc2F)c1-c1ccc(C(=O)O)cc1. The van der Waals surface area contributed by atoms with Crippen molar-refractivity contribution in [1.29, 1.82) is 0 Å². The molecule has 5 nitrogen and oxygen atoms in total. The second-order valence-corrected chi connectivity index (χ2v) is 6.80. The number of nitrogens with one attached hydrogen (secondary N) is 1. The number of carbonyl (C=O) groups is 1. The second kappa shape index (κ2) is 7.93. The molecular formula is C20H14BrF2NO4. The molecule has 0 aliphatic rings. The molecule has 1 aromatic heterocycles. The first-order valence-corrected chi connectivity index (χ1v) is 8.90. The maximum absolute atomic E-state index is 13.9. The first kappa shape index (κ1) is 19.8. The Labute approximate surface area is 166 Å². The van der Waals surface area contributed by atoms with Crippen LogP contribution in [-0.2, 0) is 6.61 Å². The highest BCUT2D eigenvalue weighted by Crippen LogP contribution is 2.37. The molecule has 144 valence electrons. The Balaban J connectivity index is 2.04. The topological polar surface area (TPSA) is 79.4 Å². The number of benzene rings is 2. The minimum Gasteiger partial charge on any atom is -0.487 e. The molecule has 3 aromatic rings. The van der Waals surface area contributed by atoms with Crippen LogP contribution >= 0.6 is 15.9 Å². The van der Waals surface area contributed by atoms with Crippen molar-refractivity contribution < 1.29 is 23.4 Å². The number of aryl methyl sites for hydroxylation is 1. The number of carboxylic acids is 1. The van der Waals surface area contributed by atoms with E-state index < -0.39 is 23.2 Å². The number of aromatic amines is 1. The number of carboxylic acid groups (broad SMARTS) is 1. The van der Waals surface area contributed by atoms with Crippen LogP contribution < -0.4 is 10.3 Å². The summed E-state index contributed by atoms with van der Waals surface area (Å²) in [5, 5.41) is 9.05. The van der Waals surface area contributed by atoms with Gasteiger partial charge in [0.2, 0.25) is 0 Å². The molecular weight excluding hydrogens is 436 g/mol. The molecule has 0 saturated carbocycles. The van der Waals surface area contributed by atoms with Gasteiger partial charge in [0, 0.05) is 22.9 Å². The molecule has 0 unspecified atom stereocenters. The lowest BCUT2D eigenvalue weighted by molar-refractivity contribution is 0.0697. The molecule has 0 fully saturated rings. The van der Waals surface area contributed by atoms with E-state index in [1.807, 2.05) is 0 Å². The highest BCUT2D eigenvalue weighted by molar-refractivity contribution is 9.10. The predicted octanol–water partition coefficient (Wildman–Crippen LogP) is 4.67. The Hall–Kier alpha value is -3.00. The predicted molar refractivity (Wildman–Crippen MR) is 103 cm³/mol. The van der Waals surface area contributed by atoms with Gasteiger partial charge >= 0.3 is 5.97 Å². The van der Waals surface area contributed by atoms with Gasteiger partial charge in [-0.15, -0.1) is 0 Å². The van der Waals surface area contributed by atoms with Crippen LogP contribution in [0.1, 0.15) is 21.6 Å². The van der Waals surface area contributed by atoms with Gasteiger partial charge in [0.15, 0.2) is 0 Å². The fourth-order valence-electron chi connectivity index (χ4n) is 2.72. The molecule has 0 saturated heterocycles. The Morgan fingerprint density at radius 2 is 1.86 bits per heavy atom. The van der Waals surface area contributed by atoms with Crippen molar-refractivity contribution >= 4 is 21.9 Å². The monoisotopic (exact) mass is 449 g/mol. The first-order chi connectivity index (χ1) is 13.3. The van der Waals surface area contributed by atoms with Crippen molar-refractivity contribution in [3.05, 3.63) is 85.7 Å². The van der Waals surface area contributed by atoms with Gasteiger partial charge in [0.25, 0.3) is 5.56 Å². The van der Waals surface area contributed by atoms with E-state index in [0.717, 1.165) is 12.1 Å². The fraction of sp³-hybridized carbons (Fsp3) is 0.100. The third-order valence-electron chi connectivity index (χ3n) is 4.11. The largest absolute Gasteiger partial charge is 0.487 e. The summed E-state index contributed by atoms with van der Waals surface area (Å²) in [4.78, 5) is 25.9. The van der Waals surface area contributed by atoms with Gasteiger partial charge in [-0.2, -0.15) is 0 Å². The Morgan fingerprint density at radius 3 is 2.46 bits per heavy atom. The summed E-state index contributed by atoms with van der Waals surface area (Å²) in [6, 6.07) is 9.16. The fourth-order valence-corrected chi connectivity index (χ4v) is 3.13. The molecule has 0 radical (unpaired) electrons. The summed E-state index contributed by atoms with van der Waals surface area (Å²) >= 11 is 3.19.